The zero-order valence-electron chi connectivity index (χ0n) is 10.1. The summed E-state index contributed by atoms with van der Waals surface area (Å²) in [5.74, 6) is 0.0329. The summed E-state index contributed by atoms with van der Waals surface area (Å²) >= 11 is 12.2. The Labute approximate surface area is 176 Å². The molecular weight excluding hydrogens is 371 g/mol. The van der Waals surface area contributed by atoms with E-state index in [1.165, 1.54) is 6.92 Å². The van der Waals surface area contributed by atoms with Crippen LogP contribution in [0.15, 0.2) is 42.5 Å². The number of hydrogen-bond donors (Lipinski definition) is 1. The molecule has 0 saturated carbocycles. The summed E-state index contributed by atoms with van der Waals surface area (Å²) in [6.07, 6.45) is 0. The van der Waals surface area contributed by atoms with Crippen LogP contribution in [-0.2, 0) is 4.79 Å². The van der Waals surface area contributed by atoms with Crippen molar-refractivity contribution < 1.29 is 9.53 Å². The van der Waals surface area contributed by atoms with E-state index in [2.05, 4.69) is 5.32 Å². The van der Waals surface area contributed by atoms with Gasteiger partial charge in [-0.2, -0.15) is 0 Å². The van der Waals surface area contributed by atoms with Gasteiger partial charge in [0, 0.05) is 6.92 Å². The Morgan fingerprint density at radius 2 is 1.65 bits per heavy atom. The van der Waals surface area contributed by atoms with Gasteiger partial charge in [0.15, 0.2) is 5.75 Å². The van der Waals surface area contributed by atoms with Crippen LogP contribution in [0.5, 0.6) is 5.75 Å². The van der Waals surface area contributed by atoms with Gasteiger partial charge in [-0.15, -0.1) is 0 Å². The summed E-state index contributed by atoms with van der Waals surface area (Å²) < 4.78 is 5.11. The third-order valence-corrected chi connectivity index (χ3v) is 2.99. The second-order valence-electron chi connectivity index (χ2n) is 3.81. The number of para-hydroxylation sites is 3. The second-order valence-corrected chi connectivity index (χ2v) is 4.63. The van der Waals surface area contributed by atoms with E-state index in [4.69, 9.17) is 27.9 Å². The van der Waals surface area contributed by atoms with Crippen LogP contribution in [0.4, 0.5) is 11.4 Å². The first kappa shape index (κ1) is 18.1. The molecule has 0 aromatic heterocycles. The molecule has 0 fully saturated rings. The predicted molar refractivity (Wildman–Crippen MR) is 84.6 cm³/mol. The molecule has 0 aliphatic rings. The summed E-state index contributed by atoms with van der Waals surface area (Å²) in [6, 6.07) is 12.3. The molecular formula is C14H12Cl2NO2Rb. The first-order valence-electron chi connectivity index (χ1n) is 5.56. The molecule has 0 aliphatic carbocycles. The van der Waals surface area contributed by atoms with E-state index in [1.54, 1.807) is 36.4 Å². The Morgan fingerprint density at radius 1 is 1.05 bits per heavy atom. The van der Waals surface area contributed by atoms with Crippen molar-refractivity contribution in [2.45, 2.75) is 6.92 Å². The summed E-state index contributed by atoms with van der Waals surface area (Å²) in [6.45, 7) is 1.35. The van der Waals surface area contributed by atoms with Gasteiger partial charge in [-0.3, -0.25) is 4.79 Å². The van der Waals surface area contributed by atoms with Gasteiger partial charge in [-0.05, 0) is 24.3 Å². The van der Waals surface area contributed by atoms with E-state index in [9.17, 15) is 4.79 Å². The van der Waals surface area contributed by atoms with Gasteiger partial charge in [0.2, 0.25) is 0 Å². The number of ether oxygens (including phenoxy) is 1. The van der Waals surface area contributed by atoms with Crippen LogP contribution in [0, 0.1) is 0 Å². The molecule has 1 N–H and O–H groups in total. The normalized spacial score (nSPS) is 9.55. The molecule has 20 heavy (non-hydrogen) atoms. The fourth-order valence-electron chi connectivity index (χ4n) is 1.57. The summed E-state index contributed by atoms with van der Waals surface area (Å²) in [5.41, 5.74) is 1.19. The molecule has 0 spiro atoms. The number of benzene rings is 2. The average Bonchev–Trinajstić information content (AvgIpc) is 2.35. The molecule has 6 heteroatoms. The molecule has 0 saturated heterocycles. The van der Waals surface area contributed by atoms with Gasteiger partial charge in [-0.25, -0.2) is 0 Å². The van der Waals surface area contributed by atoms with Crippen LogP contribution in [0.1, 0.15) is 6.92 Å². The fraction of sp³-hybridized carbons (Fsp3) is 0.0714. The van der Waals surface area contributed by atoms with Crippen molar-refractivity contribution >= 4 is 98.7 Å². The molecule has 0 radical (unpaired) electrons. The number of anilines is 2. The Bertz CT molecular complexity index is 600. The van der Waals surface area contributed by atoms with Crippen molar-refractivity contribution in [2.24, 2.45) is 0 Å². The zero-order chi connectivity index (χ0) is 13.8. The Balaban J connectivity index is 0.00000200. The third kappa shape index (κ3) is 4.83. The van der Waals surface area contributed by atoms with Crippen LogP contribution in [0.3, 0.4) is 0 Å². The topological polar surface area (TPSA) is 38.3 Å². The van der Waals surface area contributed by atoms with Gasteiger partial charge in [0.25, 0.3) is 0 Å². The van der Waals surface area contributed by atoms with Crippen LogP contribution >= 0.6 is 23.2 Å². The quantitative estimate of drug-likeness (QED) is 0.644. The van der Waals surface area contributed by atoms with Crippen molar-refractivity contribution in [3.63, 3.8) is 0 Å². The monoisotopic (exact) mass is 381 g/mol. The number of hydrogen-bond acceptors (Lipinski definition) is 3. The molecule has 0 unspecified atom stereocenters. The third-order valence-electron chi connectivity index (χ3n) is 2.36. The first-order valence-corrected chi connectivity index (χ1v) is 6.32. The number of halogens is 2. The number of carbonyl (C=O) groups excluding carboxylic acids is 1. The van der Waals surface area contributed by atoms with Gasteiger partial charge < -0.3 is 10.1 Å². The van der Waals surface area contributed by atoms with Crippen molar-refractivity contribution in [1.29, 1.82) is 0 Å². The van der Waals surface area contributed by atoms with Gasteiger partial charge in [0.1, 0.15) is 0 Å². The minimum absolute atomic E-state index is 0. The van der Waals surface area contributed by atoms with Gasteiger partial charge in [-0.1, -0.05) is 41.4 Å². The number of esters is 1. The number of nitrogens with one attached hydrogen (secondary N) is 1. The predicted octanol–water partition coefficient (Wildman–Crippen LogP) is 4.01. The summed E-state index contributed by atoms with van der Waals surface area (Å²) in [5, 5.41) is 4.06. The molecule has 2 aromatic carbocycles. The number of carbonyl (C=O) groups is 1. The van der Waals surface area contributed by atoms with Crippen LogP contribution in [0.2, 0.25) is 10.0 Å². The molecule has 0 aliphatic heterocycles. The van der Waals surface area contributed by atoms with E-state index in [0.29, 0.717) is 27.2 Å². The Hall–Kier alpha value is 0.0952. The summed E-state index contributed by atoms with van der Waals surface area (Å²) in [4.78, 5) is 11.0. The second kappa shape index (κ2) is 8.52. The fourth-order valence-corrected chi connectivity index (χ4v) is 2.06. The molecule has 0 atom stereocenters. The van der Waals surface area contributed by atoms with Crippen molar-refractivity contribution in [3.8, 4) is 5.75 Å². The van der Waals surface area contributed by atoms with Gasteiger partial charge in [0.05, 0.1) is 21.4 Å². The SMILES string of the molecule is CC(=O)Oc1ccccc1Nc1c(Cl)cccc1Cl.[RbH]. The summed E-state index contributed by atoms with van der Waals surface area (Å²) in [7, 11) is 0. The molecule has 100 valence electrons. The maximum atomic E-state index is 11.0. The van der Waals surface area contributed by atoms with Crippen molar-refractivity contribution in [1.82, 2.24) is 0 Å². The average molecular weight is 383 g/mol. The zero-order valence-corrected chi connectivity index (χ0v) is 11.6. The van der Waals surface area contributed by atoms with Crippen molar-refractivity contribution in [2.75, 3.05) is 5.32 Å². The maximum absolute atomic E-state index is 11.0. The van der Waals surface area contributed by atoms with E-state index in [1.807, 2.05) is 6.07 Å². The Kier molecular flexibility index (Phi) is 7.73. The van der Waals surface area contributed by atoms with E-state index in [-0.39, 0.29) is 64.2 Å². The van der Waals surface area contributed by atoms with E-state index >= 15 is 0 Å². The van der Waals surface area contributed by atoms with Crippen molar-refractivity contribution in [3.05, 3.63) is 52.5 Å². The van der Waals surface area contributed by atoms with E-state index in [0.717, 1.165) is 0 Å². The van der Waals surface area contributed by atoms with Crippen LogP contribution in [0.25, 0.3) is 0 Å². The first-order chi connectivity index (χ1) is 9.08. The van der Waals surface area contributed by atoms with Gasteiger partial charge >= 0.3 is 64.2 Å². The molecule has 2 aromatic rings. The van der Waals surface area contributed by atoms with Crippen LogP contribution < -0.4 is 10.1 Å². The van der Waals surface area contributed by atoms with Crippen LogP contribution in [-0.4, -0.2) is 64.2 Å². The standard InChI is InChI=1S/C14H11Cl2NO2.Rb.H/c1-9(18)19-13-8-3-2-7-12(13)17-14-10(15)5-4-6-11(14)16;;/h2-8,17H,1H3;;. The molecule has 3 nitrogen and oxygen atoms in total. The molecule has 0 amide bonds. The Morgan fingerprint density at radius 3 is 2.25 bits per heavy atom. The molecule has 0 heterocycles. The minimum atomic E-state index is -0.389. The molecule has 2 rings (SSSR count). The van der Waals surface area contributed by atoms with E-state index < -0.39 is 0 Å². The number of rotatable bonds is 3. The molecule has 0 bridgehead atoms.